The second-order valence-electron chi connectivity index (χ2n) is 30.8. The van der Waals surface area contributed by atoms with Gasteiger partial charge in [0.2, 0.25) is 70.9 Å². The number of hydrogen-bond donors (Lipinski definition) is 13. The molecule has 0 aromatic heterocycles. The van der Waals surface area contributed by atoms with Gasteiger partial charge < -0.3 is 83.9 Å². The van der Waals surface area contributed by atoms with Crippen LogP contribution in [0.2, 0.25) is 0 Å². The third-order valence-electron chi connectivity index (χ3n) is 19.6. The van der Waals surface area contributed by atoms with E-state index in [9.17, 15) is 62.3 Å². The normalized spacial score (nSPS) is 22.2. The fourth-order valence-electron chi connectivity index (χ4n) is 12.5. The van der Waals surface area contributed by atoms with E-state index in [1.54, 1.807) is 127 Å². The van der Waals surface area contributed by atoms with Crippen molar-refractivity contribution in [2.45, 2.75) is 287 Å². The highest BCUT2D eigenvalue weighted by atomic mass is 16.5. The lowest BCUT2D eigenvalue weighted by Crippen LogP contribution is -2.64. The van der Waals surface area contributed by atoms with Crippen LogP contribution in [0.3, 0.4) is 0 Å². The maximum Gasteiger partial charge on any atom is 0.329 e. The summed E-state index contributed by atoms with van der Waals surface area (Å²) in [6.45, 7) is 32.9. The summed E-state index contributed by atoms with van der Waals surface area (Å²) < 4.78 is 11.3. The highest BCUT2D eigenvalue weighted by Gasteiger charge is 2.45. The predicted octanol–water partition coefficient (Wildman–Crippen LogP) is 2.41. The molecular weight excluding hydrogens is 1390 g/mol. The number of carbonyl (C=O) groups excluding carboxylic acids is 15. The summed E-state index contributed by atoms with van der Waals surface area (Å²) in [6, 6.07) is -7.83. The maximum atomic E-state index is 15.1. The van der Waals surface area contributed by atoms with Crippen molar-refractivity contribution >= 4 is 88.7 Å². The fraction of sp³-hybridized carbons (Fsp3) is 0.701. The van der Waals surface area contributed by atoms with E-state index in [4.69, 9.17) is 15.2 Å². The van der Waals surface area contributed by atoms with Crippen molar-refractivity contribution in [2.24, 2.45) is 53.1 Å². The number of allylic oxidation sites excluding steroid dienone is 1. The van der Waals surface area contributed by atoms with Crippen molar-refractivity contribution in [3.63, 3.8) is 0 Å². The quantitative estimate of drug-likeness (QED) is 0.0348. The predicted molar refractivity (Wildman–Crippen MR) is 405 cm³/mol. The van der Waals surface area contributed by atoms with Crippen LogP contribution >= 0.6 is 0 Å². The molecule has 2 saturated heterocycles. The minimum atomic E-state index is -1.83. The Morgan fingerprint density at radius 1 is 0.611 bits per heavy atom. The molecule has 606 valence electrons. The zero-order valence-electron chi connectivity index (χ0n) is 67.1. The number of carbonyl (C=O) groups is 15. The number of cyclic esters (lactones) is 1. The topological polar surface area (TPSA) is 448 Å². The third kappa shape index (κ3) is 28.5. The lowest BCUT2D eigenvalue weighted by atomic mass is 9.95. The number of hydrogen-bond acceptors (Lipinski definition) is 18. The molecule has 0 unspecified atom stereocenters. The molecule has 0 bridgehead atoms. The average molecular weight is 1520 g/mol. The van der Waals surface area contributed by atoms with Crippen LogP contribution in [0.4, 0.5) is 0 Å². The molecule has 3 rings (SSSR count). The summed E-state index contributed by atoms with van der Waals surface area (Å²) in [5, 5.41) is 32.5. The molecule has 1 aromatic rings. The van der Waals surface area contributed by atoms with Crippen molar-refractivity contribution in [1.82, 2.24) is 68.7 Å². The number of nitrogens with zero attached hydrogens (tertiary/aromatic N) is 1. The van der Waals surface area contributed by atoms with Crippen LogP contribution in [-0.2, 0) is 87.8 Å². The Morgan fingerprint density at radius 2 is 1.16 bits per heavy atom. The van der Waals surface area contributed by atoms with Crippen LogP contribution in [0.5, 0.6) is 0 Å². The molecule has 0 aliphatic carbocycles. The van der Waals surface area contributed by atoms with Gasteiger partial charge in [0.1, 0.15) is 90.4 Å². The number of nitrogens with two attached hydrogens (primary N) is 1. The third-order valence-corrected chi connectivity index (χ3v) is 19.6. The number of rotatable bonds is 34. The number of amides is 13. The largest absolute Gasteiger partial charge is 0.460 e. The van der Waals surface area contributed by atoms with Crippen LogP contribution in [0.25, 0.3) is 0 Å². The number of likely N-dealkylation sites (tertiary alicyclic amines) is 1. The SMILES string of the molecule is C/C=C1\NC(=O)[C@H](Cc2ccccc2)NC(=O)[C@@H](C(C)C)NC(=O)[C@@H]([C@@H](C)CC)NC(=O)[C@H](NC(=O)[C@H](NC(=O)[C@H](CCCN)NC(=O)[C@H]2CCCN2C(=O)[C@@H](NC(=O)[C@H](NC(=O)[C@H](NC(=O)[C@@H](NC(=O)CCCC(C)C)C(C)C)[C@H](C)OC(C)=O)C(C)C)C(C)C)[C@@H](C)CC)[C@@H](C)OC(=O)[C@H](C(C)C)NC1=O. The maximum absolute atomic E-state index is 15.1. The summed E-state index contributed by atoms with van der Waals surface area (Å²) in [7, 11) is 0. The molecule has 1 aromatic carbocycles. The van der Waals surface area contributed by atoms with Gasteiger partial charge in [-0.25, -0.2) is 4.79 Å². The zero-order valence-corrected chi connectivity index (χ0v) is 67.1. The van der Waals surface area contributed by atoms with E-state index < -0.39 is 209 Å². The first-order valence-electron chi connectivity index (χ1n) is 38.4. The minimum Gasteiger partial charge on any atom is -0.460 e. The molecule has 2 heterocycles. The molecule has 13 amide bonds. The van der Waals surface area contributed by atoms with E-state index in [0.717, 1.165) is 13.3 Å². The molecule has 14 N–H and O–H groups in total. The van der Waals surface area contributed by atoms with Crippen molar-refractivity contribution < 1.29 is 81.4 Å². The molecule has 0 saturated carbocycles. The molecule has 2 aliphatic rings. The van der Waals surface area contributed by atoms with E-state index in [0.29, 0.717) is 30.7 Å². The van der Waals surface area contributed by atoms with E-state index in [1.165, 1.54) is 31.7 Å². The molecule has 108 heavy (non-hydrogen) atoms. The van der Waals surface area contributed by atoms with Gasteiger partial charge >= 0.3 is 11.9 Å². The van der Waals surface area contributed by atoms with Gasteiger partial charge in [-0.15, -0.1) is 0 Å². The molecule has 31 heteroatoms. The molecule has 2 aliphatic heterocycles. The number of nitrogens with one attached hydrogen (secondary N) is 12. The smallest absolute Gasteiger partial charge is 0.329 e. The van der Waals surface area contributed by atoms with Crippen LogP contribution in [0, 0.1) is 47.3 Å². The minimum absolute atomic E-state index is 0.0385. The van der Waals surface area contributed by atoms with Crippen LogP contribution in [0.15, 0.2) is 42.1 Å². The molecule has 0 radical (unpaired) electrons. The first-order chi connectivity index (χ1) is 50.6. The van der Waals surface area contributed by atoms with Crippen molar-refractivity contribution in [3.05, 3.63) is 47.7 Å². The van der Waals surface area contributed by atoms with E-state index in [-0.39, 0.29) is 63.2 Å². The lowest BCUT2D eigenvalue weighted by Gasteiger charge is -2.34. The van der Waals surface area contributed by atoms with Gasteiger partial charge in [0.25, 0.3) is 5.91 Å². The van der Waals surface area contributed by atoms with Crippen molar-refractivity contribution in [3.8, 4) is 0 Å². The summed E-state index contributed by atoms with van der Waals surface area (Å²) in [5.74, 6) is -16.1. The number of esters is 2. The van der Waals surface area contributed by atoms with Gasteiger partial charge in [-0.05, 0) is 112 Å². The molecular formula is C77H126N14O17. The molecule has 16 atom stereocenters. The number of benzene rings is 1. The van der Waals surface area contributed by atoms with Crippen LogP contribution < -0.4 is 69.5 Å². The highest BCUT2D eigenvalue weighted by molar-refractivity contribution is 6.03. The monoisotopic (exact) mass is 1520 g/mol. The summed E-state index contributed by atoms with van der Waals surface area (Å²) in [6.07, 6.45) is 1.09. The van der Waals surface area contributed by atoms with Gasteiger partial charge in [0, 0.05) is 26.3 Å². The number of ether oxygens (including phenoxy) is 2. The lowest BCUT2D eigenvalue weighted by molar-refractivity contribution is -0.157. The zero-order chi connectivity index (χ0) is 81.7. The first kappa shape index (κ1) is 93.2. The molecule has 2 fully saturated rings. The van der Waals surface area contributed by atoms with Crippen molar-refractivity contribution in [2.75, 3.05) is 13.1 Å². The molecule has 0 spiro atoms. The second-order valence-corrected chi connectivity index (χ2v) is 30.8. The Bertz CT molecular complexity index is 3290. The van der Waals surface area contributed by atoms with Gasteiger partial charge in [0.15, 0.2) is 0 Å². The van der Waals surface area contributed by atoms with Gasteiger partial charge in [-0.3, -0.25) is 67.1 Å². The Balaban J connectivity index is 2.02. The van der Waals surface area contributed by atoms with Crippen LogP contribution in [0.1, 0.15) is 202 Å². The first-order valence-corrected chi connectivity index (χ1v) is 38.4. The fourth-order valence-corrected chi connectivity index (χ4v) is 12.5. The highest BCUT2D eigenvalue weighted by Crippen LogP contribution is 2.23. The van der Waals surface area contributed by atoms with Gasteiger partial charge in [0.05, 0.1) is 0 Å². The summed E-state index contributed by atoms with van der Waals surface area (Å²) >= 11 is 0. The van der Waals surface area contributed by atoms with Gasteiger partial charge in [-0.2, -0.15) is 0 Å². The Labute approximate surface area is 637 Å². The average Bonchev–Trinajstić information content (AvgIpc) is 1.57. The summed E-state index contributed by atoms with van der Waals surface area (Å²) in [4.78, 5) is 215. The Morgan fingerprint density at radius 3 is 1.69 bits per heavy atom. The molecule has 31 nitrogen and oxygen atoms in total. The second kappa shape index (κ2) is 45.1. The van der Waals surface area contributed by atoms with E-state index in [2.05, 4.69) is 63.8 Å². The summed E-state index contributed by atoms with van der Waals surface area (Å²) in [5.41, 5.74) is 6.34. The van der Waals surface area contributed by atoms with E-state index >= 15 is 9.59 Å². The van der Waals surface area contributed by atoms with Crippen LogP contribution in [-0.4, -0.2) is 191 Å². The van der Waals surface area contributed by atoms with Gasteiger partial charge in [-0.1, -0.05) is 166 Å². The Hall–Kier alpha value is -9.03. The Kier molecular flexibility index (Phi) is 38.9. The van der Waals surface area contributed by atoms with E-state index in [1.807, 2.05) is 13.8 Å². The standard InChI is InChI=1S/C77H126N14O17/c1-21-45(16)61(73(102)90-64-48(19)108-77(106)60(44(14)15)86-65(94)51(23-3)79-67(96)53(38-50-31-25-24-26-32-50)81-69(98)57(41(8)9)83-72(101)62(46(17)22-2)88-75(64)104)87-66(95)52(33-28-36-78)80-68(97)54-34-29-37-91(54)76(105)59(43(12)13)85-71(100)58(42(10)11)84-74(103)63(47(18)107-49(20)92)89-70(99)56(40(6)7)82-55(93)35-27-30-39(4)5/h23-26,31-32,39-48,52-54,56-64H,21-22,27-30,33-38,78H2,1-20H3,(H,79,96)(H,80,97)(H,81,98)(H,82,93)(H,83,101)(H,84,103)(H,85,100)(H,86,94)(H,87,95)(H,88,104)(H,89,99)(H,90,102)/b51-23-/t45-,46-,47-,48+,52-,53-,54+,56-,57+,58+,59-,60-,61+,62+,63+,64+/m0/s1. The van der Waals surface area contributed by atoms with Crippen molar-refractivity contribution in [1.29, 1.82) is 0 Å².